The number of anilines is 4. The molecule has 0 radical (unpaired) electrons. The summed E-state index contributed by atoms with van der Waals surface area (Å²) in [6.45, 7) is 0.625. The van der Waals surface area contributed by atoms with Gasteiger partial charge in [-0.15, -0.1) is 0 Å². The topological polar surface area (TPSA) is 156 Å². The van der Waals surface area contributed by atoms with Gasteiger partial charge in [-0.1, -0.05) is 30.3 Å². The van der Waals surface area contributed by atoms with E-state index in [1.165, 1.54) is 36.5 Å². The van der Waals surface area contributed by atoms with E-state index in [1.54, 1.807) is 36.5 Å². The minimum atomic E-state index is -3.92. The molecule has 3 aromatic carbocycles. The fourth-order valence-electron chi connectivity index (χ4n) is 4.27. The monoisotopic (exact) mass is 592 g/mol. The van der Waals surface area contributed by atoms with Crippen LogP contribution in [0.5, 0.6) is 0 Å². The second kappa shape index (κ2) is 12.6. The maximum Gasteiger partial charge on any atom is 0.261 e. The molecule has 43 heavy (non-hydrogen) atoms. The summed E-state index contributed by atoms with van der Waals surface area (Å²) in [4.78, 5) is 26.1. The van der Waals surface area contributed by atoms with Crippen LogP contribution < -0.4 is 15.4 Å². The largest absolute Gasteiger partial charge is 0.360 e. The van der Waals surface area contributed by atoms with E-state index in [9.17, 15) is 18.5 Å². The molecule has 0 bridgehead atoms. The maximum absolute atomic E-state index is 13.1. The minimum Gasteiger partial charge on any atom is -0.360 e. The molecule has 2 aromatic heterocycles. The van der Waals surface area contributed by atoms with Gasteiger partial charge in [-0.3, -0.25) is 9.52 Å². The first-order valence-corrected chi connectivity index (χ1v) is 14.7. The molecule has 1 amide bonds. The molecule has 0 unspecified atom stereocenters. The number of likely N-dealkylation sites (N-methyl/N-ethyl adjacent to an activating group) is 1. The zero-order valence-corrected chi connectivity index (χ0v) is 24.2. The number of para-hydroxylation sites is 1. The van der Waals surface area contributed by atoms with E-state index in [-0.39, 0.29) is 16.8 Å². The summed E-state index contributed by atoms with van der Waals surface area (Å²) in [5.41, 5.74) is 3.81. The van der Waals surface area contributed by atoms with E-state index in [0.717, 1.165) is 16.5 Å². The van der Waals surface area contributed by atoms with Gasteiger partial charge >= 0.3 is 0 Å². The molecule has 0 saturated heterocycles. The number of hydrogen-bond acceptors (Lipinski definition) is 8. The molecule has 4 N–H and O–H groups in total. The minimum absolute atomic E-state index is 0.0332. The van der Waals surface area contributed by atoms with Gasteiger partial charge in [0.05, 0.1) is 28.0 Å². The number of nitriles is 1. The average Bonchev–Trinajstić information content (AvgIpc) is 3.41. The second-order valence-electron chi connectivity index (χ2n) is 9.81. The lowest BCUT2D eigenvalue weighted by molar-refractivity contribution is -0.111. The Bertz CT molecular complexity index is 1960. The van der Waals surface area contributed by atoms with Crippen LogP contribution in [0.4, 0.5) is 23.0 Å². The van der Waals surface area contributed by atoms with E-state index in [0.29, 0.717) is 34.9 Å². The van der Waals surface area contributed by atoms with Crippen LogP contribution in [0.1, 0.15) is 5.56 Å². The van der Waals surface area contributed by atoms with Gasteiger partial charge in [0.2, 0.25) is 11.9 Å². The van der Waals surface area contributed by atoms with Crippen molar-refractivity contribution in [2.24, 2.45) is 0 Å². The third-order valence-corrected chi connectivity index (χ3v) is 7.69. The number of nitrogens with zero attached hydrogens (tertiary/aromatic N) is 4. The Morgan fingerprint density at radius 2 is 1.79 bits per heavy atom. The molecule has 0 fully saturated rings. The van der Waals surface area contributed by atoms with Crippen molar-refractivity contribution in [3.63, 3.8) is 0 Å². The Morgan fingerprint density at radius 1 is 1.02 bits per heavy atom. The number of fused-ring (bicyclic) bond motifs is 1. The smallest absolute Gasteiger partial charge is 0.261 e. The quantitative estimate of drug-likeness (QED) is 0.163. The van der Waals surface area contributed by atoms with Crippen LogP contribution in [-0.2, 0) is 14.8 Å². The van der Waals surface area contributed by atoms with E-state index in [4.69, 9.17) is 0 Å². The van der Waals surface area contributed by atoms with Crippen molar-refractivity contribution in [1.82, 2.24) is 19.9 Å². The normalized spacial score (nSPS) is 11.5. The van der Waals surface area contributed by atoms with Crippen LogP contribution in [-0.4, -0.2) is 54.8 Å². The van der Waals surface area contributed by atoms with Crippen molar-refractivity contribution < 1.29 is 13.2 Å². The molecule has 0 saturated carbocycles. The number of carbonyl (C=O) groups excluding carboxylic acids is 1. The highest BCUT2D eigenvalue weighted by atomic mass is 32.2. The van der Waals surface area contributed by atoms with E-state index in [2.05, 4.69) is 36.4 Å². The fourth-order valence-corrected chi connectivity index (χ4v) is 5.32. The van der Waals surface area contributed by atoms with Crippen molar-refractivity contribution in [2.75, 3.05) is 36.0 Å². The number of benzene rings is 3. The fraction of sp³-hybridized carbons (Fsp3) is 0.0968. The number of sulfonamides is 1. The molecule has 2 heterocycles. The summed E-state index contributed by atoms with van der Waals surface area (Å²) in [6, 6.07) is 22.4. The van der Waals surface area contributed by atoms with Crippen molar-refractivity contribution >= 4 is 49.8 Å². The highest BCUT2D eigenvalue weighted by Crippen LogP contribution is 2.30. The number of H-pyrrole nitrogens is 1. The lowest BCUT2D eigenvalue weighted by Gasteiger charge is -2.12. The number of rotatable bonds is 10. The molecule has 0 spiro atoms. The first-order chi connectivity index (χ1) is 20.7. The molecule has 12 heteroatoms. The van der Waals surface area contributed by atoms with E-state index < -0.39 is 10.0 Å². The van der Waals surface area contributed by atoms with Crippen LogP contribution in [0.25, 0.3) is 22.2 Å². The standard InChI is InChI=1S/C31H28N8O3S/c1-39(2)16-6-11-29(40)35-22-12-14-25(15-13-22)43(41,42)38-24-8-5-7-23(17-24)36-31-34-19-21(18-32)30(37-31)27-20-33-28-10-4-3-9-26(27)28/h3-15,17,19-20,33,38H,16H2,1-2H3,(H,35,40)(H,34,36,37). The summed E-state index contributed by atoms with van der Waals surface area (Å²) in [6.07, 6.45) is 6.42. The highest BCUT2D eigenvalue weighted by molar-refractivity contribution is 7.92. The number of hydrogen-bond donors (Lipinski definition) is 4. The molecular formula is C31H28N8O3S. The predicted molar refractivity (Wildman–Crippen MR) is 167 cm³/mol. The number of carbonyl (C=O) groups is 1. The molecule has 0 aliphatic rings. The lowest BCUT2D eigenvalue weighted by Crippen LogP contribution is -2.14. The van der Waals surface area contributed by atoms with Gasteiger partial charge in [-0.25, -0.2) is 18.4 Å². The first-order valence-electron chi connectivity index (χ1n) is 13.2. The van der Waals surface area contributed by atoms with Gasteiger partial charge in [0.15, 0.2) is 0 Å². The van der Waals surface area contributed by atoms with Crippen LogP contribution >= 0.6 is 0 Å². The third-order valence-electron chi connectivity index (χ3n) is 6.30. The number of nitrogens with one attached hydrogen (secondary N) is 4. The zero-order chi connectivity index (χ0) is 30.4. The van der Waals surface area contributed by atoms with Gasteiger partial charge in [0.25, 0.3) is 10.0 Å². The van der Waals surface area contributed by atoms with E-state index in [1.807, 2.05) is 43.3 Å². The van der Waals surface area contributed by atoms with Gasteiger partial charge in [-0.2, -0.15) is 5.26 Å². The molecular weight excluding hydrogens is 564 g/mol. The summed E-state index contributed by atoms with van der Waals surface area (Å²) in [5, 5.41) is 16.4. The lowest BCUT2D eigenvalue weighted by atomic mass is 10.1. The summed E-state index contributed by atoms with van der Waals surface area (Å²) in [5.74, 6) is -0.0619. The molecule has 0 atom stereocenters. The number of aromatic nitrogens is 3. The molecule has 0 aliphatic heterocycles. The van der Waals surface area contributed by atoms with Gasteiger partial charge < -0.3 is 20.5 Å². The Kier molecular flexibility index (Phi) is 8.47. The Balaban J connectivity index is 1.30. The third kappa shape index (κ3) is 7.05. The van der Waals surface area contributed by atoms with Crippen LogP contribution in [0.2, 0.25) is 0 Å². The number of amides is 1. The average molecular weight is 593 g/mol. The number of aromatic amines is 1. The molecule has 0 aliphatic carbocycles. The van der Waals surface area contributed by atoms with Crippen molar-refractivity contribution in [3.05, 3.63) is 103 Å². The Hall–Kier alpha value is -5.51. The molecule has 5 aromatic rings. The zero-order valence-electron chi connectivity index (χ0n) is 23.4. The first kappa shape index (κ1) is 29.0. The maximum atomic E-state index is 13.1. The highest BCUT2D eigenvalue weighted by Gasteiger charge is 2.16. The molecule has 11 nitrogen and oxygen atoms in total. The van der Waals surface area contributed by atoms with E-state index >= 15 is 0 Å². The Morgan fingerprint density at radius 3 is 2.56 bits per heavy atom. The van der Waals surface area contributed by atoms with Crippen molar-refractivity contribution in [3.8, 4) is 17.3 Å². The summed E-state index contributed by atoms with van der Waals surface area (Å²) < 4.78 is 28.7. The van der Waals surface area contributed by atoms with Gasteiger partial charge in [-0.05, 0) is 62.6 Å². The van der Waals surface area contributed by atoms with Gasteiger partial charge in [0.1, 0.15) is 6.07 Å². The summed E-state index contributed by atoms with van der Waals surface area (Å²) in [7, 11) is -0.125. The van der Waals surface area contributed by atoms with Gasteiger partial charge in [0, 0.05) is 46.7 Å². The Labute approximate surface area is 249 Å². The van der Waals surface area contributed by atoms with Crippen LogP contribution in [0.15, 0.2) is 102 Å². The van der Waals surface area contributed by atoms with Crippen LogP contribution in [0.3, 0.4) is 0 Å². The molecule has 5 rings (SSSR count). The second-order valence-corrected chi connectivity index (χ2v) is 11.5. The SMILES string of the molecule is CN(C)CC=CC(=O)Nc1ccc(S(=O)(=O)Nc2cccc(Nc3ncc(C#N)c(-c4c[nH]c5ccccc45)n3)c2)cc1. The molecule has 216 valence electrons. The summed E-state index contributed by atoms with van der Waals surface area (Å²) >= 11 is 0. The van der Waals surface area contributed by atoms with Crippen molar-refractivity contribution in [2.45, 2.75) is 4.90 Å². The predicted octanol–water partition coefficient (Wildman–Crippen LogP) is 5.10. The van der Waals surface area contributed by atoms with Crippen molar-refractivity contribution in [1.29, 1.82) is 5.26 Å². The van der Waals surface area contributed by atoms with Crippen LogP contribution in [0, 0.1) is 11.3 Å².